The van der Waals surface area contributed by atoms with Gasteiger partial charge in [-0.1, -0.05) is 52.0 Å². The van der Waals surface area contributed by atoms with Crippen LogP contribution in [0.5, 0.6) is 0 Å². The maximum absolute atomic E-state index is 13.1. The van der Waals surface area contributed by atoms with Gasteiger partial charge in [0.15, 0.2) is 0 Å². The predicted molar refractivity (Wildman–Crippen MR) is 94.8 cm³/mol. The molecular formula is C19H24FNO2S. The molecule has 0 bridgehead atoms. The SMILES string of the molecule is CC(C)c1ccc(S(=O)(=O)NC(c2ccc(F)cc2)C(C)C)cc1. The van der Waals surface area contributed by atoms with Crippen LogP contribution in [-0.2, 0) is 10.0 Å². The van der Waals surface area contributed by atoms with Crippen molar-refractivity contribution in [3.63, 3.8) is 0 Å². The van der Waals surface area contributed by atoms with Gasteiger partial charge in [0.25, 0.3) is 0 Å². The Balaban J connectivity index is 2.28. The summed E-state index contributed by atoms with van der Waals surface area (Å²) in [5, 5.41) is 0. The summed E-state index contributed by atoms with van der Waals surface area (Å²) in [5.74, 6) is 0.0332. The van der Waals surface area contributed by atoms with Crippen LogP contribution in [0, 0.1) is 11.7 Å². The van der Waals surface area contributed by atoms with Crippen LogP contribution in [0.2, 0.25) is 0 Å². The van der Waals surface area contributed by atoms with Crippen molar-refractivity contribution in [1.82, 2.24) is 4.72 Å². The van der Waals surface area contributed by atoms with E-state index in [9.17, 15) is 12.8 Å². The van der Waals surface area contributed by atoms with E-state index in [1.165, 1.54) is 12.1 Å². The minimum atomic E-state index is -3.65. The summed E-state index contributed by atoms with van der Waals surface area (Å²) < 4.78 is 41.2. The lowest BCUT2D eigenvalue weighted by Gasteiger charge is -2.23. The number of halogens is 1. The number of hydrogen-bond donors (Lipinski definition) is 1. The zero-order valence-electron chi connectivity index (χ0n) is 14.5. The Morgan fingerprint density at radius 1 is 0.833 bits per heavy atom. The monoisotopic (exact) mass is 349 g/mol. The Labute approximate surface area is 144 Å². The molecular weight excluding hydrogens is 325 g/mol. The van der Waals surface area contributed by atoms with E-state index in [1.54, 1.807) is 24.3 Å². The highest BCUT2D eigenvalue weighted by Gasteiger charge is 2.24. The first-order chi connectivity index (χ1) is 11.2. The van der Waals surface area contributed by atoms with Crippen molar-refractivity contribution in [2.75, 3.05) is 0 Å². The van der Waals surface area contributed by atoms with Gasteiger partial charge in [-0.25, -0.2) is 17.5 Å². The lowest BCUT2D eigenvalue weighted by molar-refractivity contribution is 0.462. The van der Waals surface area contributed by atoms with E-state index in [0.717, 1.165) is 11.1 Å². The Morgan fingerprint density at radius 3 is 1.79 bits per heavy atom. The summed E-state index contributed by atoms with van der Waals surface area (Å²) in [4.78, 5) is 0.236. The smallest absolute Gasteiger partial charge is 0.207 e. The molecule has 0 aliphatic heterocycles. The molecule has 24 heavy (non-hydrogen) atoms. The Bertz CT molecular complexity index is 766. The number of nitrogens with one attached hydrogen (secondary N) is 1. The average molecular weight is 349 g/mol. The van der Waals surface area contributed by atoms with Crippen LogP contribution in [0.4, 0.5) is 4.39 Å². The molecule has 1 N–H and O–H groups in total. The van der Waals surface area contributed by atoms with E-state index < -0.39 is 16.1 Å². The molecule has 0 spiro atoms. The predicted octanol–water partition coefficient (Wildman–Crippen LogP) is 4.62. The minimum Gasteiger partial charge on any atom is -0.207 e. The van der Waals surface area contributed by atoms with Gasteiger partial charge in [-0.05, 0) is 47.2 Å². The first kappa shape index (κ1) is 18.6. The molecule has 0 amide bonds. The molecule has 0 saturated heterocycles. The van der Waals surface area contributed by atoms with Crippen LogP contribution >= 0.6 is 0 Å². The minimum absolute atomic E-state index is 0.0279. The lowest BCUT2D eigenvalue weighted by Crippen LogP contribution is -2.31. The number of benzene rings is 2. The highest BCUT2D eigenvalue weighted by Crippen LogP contribution is 2.25. The highest BCUT2D eigenvalue weighted by molar-refractivity contribution is 7.89. The van der Waals surface area contributed by atoms with Crippen LogP contribution in [0.25, 0.3) is 0 Å². The molecule has 130 valence electrons. The highest BCUT2D eigenvalue weighted by atomic mass is 32.2. The molecule has 0 fully saturated rings. The molecule has 0 heterocycles. The molecule has 0 aliphatic carbocycles. The maximum atomic E-state index is 13.1. The summed E-state index contributed by atoms with van der Waals surface area (Å²) in [6, 6.07) is 12.4. The van der Waals surface area contributed by atoms with E-state index >= 15 is 0 Å². The Kier molecular flexibility index (Phi) is 5.78. The topological polar surface area (TPSA) is 46.2 Å². The maximum Gasteiger partial charge on any atom is 0.241 e. The fourth-order valence-electron chi connectivity index (χ4n) is 2.53. The molecule has 0 radical (unpaired) electrons. The molecule has 3 nitrogen and oxygen atoms in total. The molecule has 1 atom stereocenters. The number of hydrogen-bond acceptors (Lipinski definition) is 2. The van der Waals surface area contributed by atoms with Crippen molar-refractivity contribution in [1.29, 1.82) is 0 Å². The molecule has 1 unspecified atom stereocenters. The molecule has 0 aliphatic rings. The molecule has 2 aromatic rings. The molecule has 5 heteroatoms. The van der Waals surface area contributed by atoms with Crippen molar-refractivity contribution in [3.8, 4) is 0 Å². The quantitative estimate of drug-likeness (QED) is 0.827. The van der Waals surface area contributed by atoms with Crippen molar-refractivity contribution >= 4 is 10.0 Å². The van der Waals surface area contributed by atoms with Crippen LogP contribution < -0.4 is 4.72 Å². The van der Waals surface area contributed by atoms with Gasteiger partial charge in [-0.3, -0.25) is 0 Å². The van der Waals surface area contributed by atoms with Crippen LogP contribution in [0.3, 0.4) is 0 Å². The van der Waals surface area contributed by atoms with Gasteiger partial charge in [0.2, 0.25) is 10.0 Å². The number of rotatable bonds is 6. The summed E-state index contributed by atoms with van der Waals surface area (Å²) >= 11 is 0. The third kappa shape index (κ3) is 4.42. The van der Waals surface area contributed by atoms with Gasteiger partial charge < -0.3 is 0 Å². The lowest BCUT2D eigenvalue weighted by atomic mass is 9.97. The second-order valence-corrected chi connectivity index (χ2v) is 8.33. The van der Waals surface area contributed by atoms with Crippen molar-refractivity contribution in [2.24, 2.45) is 5.92 Å². The van der Waals surface area contributed by atoms with E-state index in [-0.39, 0.29) is 16.6 Å². The summed E-state index contributed by atoms with van der Waals surface area (Å²) in [6.45, 7) is 7.98. The Hall–Kier alpha value is -1.72. The molecule has 0 aromatic heterocycles. The first-order valence-electron chi connectivity index (χ1n) is 8.08. The second kappa shape index (κ2) is 7.45. The number of sulfonamides is 1. The fraction of sp³-hybridized carbons (Fsp3) is 0.368. The van der Waals surface area contributed by atoms with E-state index in [1.807, 2.05) is 26.0 Å². The van der Waals surface area contributed by atoms with Crippen molar-refractivity contribution < 1.29 is 12.8 Å². The third-order valence-electron chi connectivity index (χ3n) is 4.03. The van der Waals surface area contributed by atoms with Gasteiger partial charge in [0.05, 0.1) is 4.90 Å². The second-order valence-electron chi connectivity index (χ2n) is 6.62. The molecule has 2 rings (SSSR count). The first-order valence-corrected chi connectivity index (χ1v) is 9.57. The van der Waals surface area contributed by atoms with Gasteiger partial charge >= 0.3 is 0 Å². The normalized spacial score (nSPS) is 13.5. The van der Waals surface area contributed by atoms with Crippen LogP contribution in [0.15, 0.2) is 53.4 Å². The van der Waals surface area contributed by atoms with Crippen molar-refractivity contribution in [2.45, 2.75) is 44.6 Å². The van der Waals surface area contributed by atoms with Crippen LogP contribution in [-0.4, -0.2) is 8.42 Å². The summed E-state index contributed by atoms with van der Waals surface area (Å²) in [5.41, 5.74) is 1.83. The summed E-state index contributed by atoms with van der Waals surface area (Å²) in [7, 11) is -3.65. The zero-order chi connectivity index (χ0) is 17.9. The van der Waals surface area contributed by atoms with Gasteiger partial charge in [-0.2, -0.15) is 0 Å². The largest absolute Gasteiger partial charge is 0.241 e. The van der Waals surface area contributed by atoms with Gasteiger partial charge in [0, 0.05) is 6.04 Å². The molecule has 0 saturated carbocycles. The fourth-order valence-corrected chi connectivity index (χ4v) is 3.90. The Morgan fingerprint density at radius 2 is 1.33 bits per heavy atom. The van der Waals surface area contributed by atoms with Crippen LogP contribution in [0.1, 0.15) is 50.8 Å². The zero-order valence-corrected chi connectivity index (χ0v) is 15.3. The van der Waals surface area contributed by atoms with E-state index in [4.69, 9.17) is 0 Å². The average Bonchev–Trinajstić information content (AvgIpc) is 2.53. The van der Waals surface area contributed by atoms with E-state index in [0.29, 0.717) is 5.92 Å². The van der Waals surface area contributed by atoms with Crippen molar-refractivity contribution in [3.05, 3.63) is 65.5 Å². The molecule has 2 aromatic carbocycles. The summed E-state index contributed by atoms with van der Waals surface area (Å²) in [6.07, 6.45) is 0. The van der Waals surface area contributed by atoms with Gasteiger partial charge in [0.1, 0.15) is 5.82 Å². The van der Waals surface area contributed by atoms with E-state index in [2.05, 4.69) is 18.6 Å². The standard InChI is InChI=1S/C19H24FNO2S/c1-13(2)15-7-11-18(12-8-15)24(22,23)21-19(14(3)4)16-5-9-17(20)10-6-16/h5-14,19,21H,1-4H3. The third-order valence-corrected chi connectivity index (χ3v) is 5.49. The van der Waals surface area contributed by atoms with Gasteiger partial charge in [-0.15, -0.1) is 0 Å².